The topological polar surface area (TPSA) is 131 Å². The Morgan fingerprint density at radius 3 is 2.40 bits per heavy atom. The molecule has 202 valence electrons. The molecule has 0 saturated heterocycles. The first-order chi connectivity index (χ1) is 19.0. The lowest BCUT2D eigenvalue weighted by Gasteiger charge is -2.18. The van der Waals surface area contributed by atoms with Crippen LogP contribution in [0.1, 0.15) is 24.2 Å². The fourth-order valence-corrected chi connectivity index (χ4v) is 4.26. The molecule has 1 aliphatic carbocycles. The van der Waals surface area contributed by atoms with E-state index >= 15 is 4.39 Å². The maximum Gasteiger partial charge on any atom is 0.346 e. The molecule has 0 unspecified atom stereocenters. The first-order valence-electron chi connectivity index (χ1n) is 11.6. The summed E-state index contributed by atoms with van der Waals surface area (Å²) >= 11 is 0. The molecule has 0 fully saturated rings. The van der Waals surface area contributed by atoms with Crippen molar-refractivity contribution in [3.63, 3.8) is 0 Å². The molecule has 2 aliphatic rings. The van der Waals surface area contributed by atoms with E-state index in [1.165, 1.54) is 24.4 Å². The van der Waals surface area contributed by atoms with Gasteiger partial charge in [-0.2, -0.15) is 0 Å². The van der Waals surface area contributed by atoms with Crippen LogP contribution in [-0.4, -0.2) is 29.1 Å². The van der Waals surface area contributed by atoms with Gasteiger partial charge in [0, 0.05) is 54.3 Å². The molecular weight excluding hydrogens is 532 g/mol. The zero-order chi connectivity index (χ0) is 28.7. The predicted molar refractivity (Wildman–Crippen MR) is 135 cm³/mol. The molecule has 10 nitrogen and oxygen atoms in total. The van der Waals surface area contributed by atoms with Gasteiger partial charge in [-0.25, -0.2) is 13.6 Å². The molecule has 0 N–H and O–H groups in total. The number of hydrogen-bond acceptors (Lipinski definition) is 9. The highest BCUT2D eigenvalue weighted by Gasteiger charge is 2.26. The third-order valence-electron chi connectivity index (χ3n) is 5.90. The minimum atomic E-state index is -1.13. The predicted octanol–water partition coefficient (Wildman–Crippen LogP) is 4.06. The molecule has 40 heavy (non-hydrogen) atoms. The van der Waals surface area contributed by atoms with Gasteiger partial charge in [0.25, 0.3) is 5.56 Å². The molecule has 12 heteroatoms. The van der Waals surface area contributed by atoms with Gasteiger partial charge in [-0.3, -0.25) is 23.6 Å². The van der Waals surface area contributed by atoms with Crippen molar-refractivity contribution in [2.24, 2.45) is 0 Å². The number of nitrogens with zero attached hydrogens (tertiary/aromatic N) is 1. The van der Waals surface area contributed by atoms with Crippen LogP contribution < -0.4 is 15.7 Å². The van der Waals surface area contributed by atoms with E-state index in [0.717, 1.165) is 42.5 Å². The van der Waals surface area contributed by atoms with Crippen LogP contribution in [0.25, 0.3) is 38.9 Å². The maximum absolute atomic E-state index is 15.1. The van der Waals surface area contributed by atoms with Crippen LogP contribution in [0.15, 0.2) is 68.7 Å². The number of esters is 3. The average Bonchev–Trinajstić information content (AvgIpc) is 2.89. The van der Waals surface area contributed by atoms with Crippen LogP contribution in [-0.2, 0) is 19.1 Å². The molecule has 0 radical (unpaired) electrons. The summed E-state index contributed by atoms with van der Waals surface area (Å²) in [7, 11) is 0. The van der Waals surface area contributed by atoms with Crippen LogP contribution in [0.2, 0.25) is 0 Å². The fourth-order valence-electron chi connectivity index (χ4n) is 4.26. The Bertz CT molecular complexity index is 1960. The summed E-state index contributed by atoms with van der Waals surface area (Å²) in [6.07, 6.45) is 1.37. The Hall–Kier alpha value is -5.39. The molecule has 2 aromatic heterocycles. The molecule has 1 aliphatic heterocycles. The Balaban J connectivity index is 1.88. The van der Waals surface area contributed by atoms with Crippen LogP contribution >= 0.6 is 0 Å². The zero-order valence-corrected chi connectivity index (χ0v) is 20.8. The van der Waals surface area contributed by atoms with Gasteiger partial charge in [-0.05, 0) is 30.3 Å². The fraction of sp³-hybridized carbons (Fsp3) is 0.107. The van der Waals surface area contributed by atoms with Crippen LogP contribution in [0.5, 0.6) is 5.75 Å². The first-order valence-corrected chi connectivity index (χ1v) is 11.6. The molecule has 0 saturated carbocycles. The van der Waals surface area contributed by atoms with Crippen molar-refractivity contribution in [2.75, 3.05) is 6.79 Å². The average molecular weight is 549 g/mol. The second kappa shape index (κ2) is 10.1. The number of aromatic nitrogens is 1. The number of carbonyl (C=O) groups excluding carboxylic acids is 3. The lowest BCUT2D eigenvalue weighted by Crippen LogP contribution is -2.24. The second-order valence-electron chi connectivity index (χ2n) is 8.55. The minimum Gasteiger partial charge on any atom is -0.456 e. The molecule has 3 heterocycles. The van der Waals surface area contributed by atoms with Gasteiger partial charge in [0.2, 0.25) is 12.2 Å². The normalized spacial score (nSPS) is 11.1. The van der Waals surface area contributed by atoms with E-state index in [4.69, 9.17) is 13.9 Å². The third-order valence-corrected chi connectivity index (χ3v) is 5.90. The summed E-state index contributed by atoms with van der Waals surface area (Å²) < 4.78 is 51.0. The molecular formula is C28H17F2NO9. The zero-order valence-electron chi connectivity index (χ0n) is 20.8. The summed E-state index contributed by atoms with van der Waals surface area (Å²) in [6, 6.07) is 9.70. The second-order valence-corrected chi connectivity index (χ2v) is 8.55. The van der Waals surface area contributed by atoms with Crippen molar-refractivity contribution in [1.29, 1.82) is 0 Å². The monoisotopic (exact) mass is 549 g/mol. The highest BCUT2D eigenvalue weighted by Crippen LogP contribution is 2.43. The third kappa shape index (κ3) is 4.66. The van der Waals surface area contributed by atoms with Gasteiger partial charge in [0.15, 0.2) is 17.4 Å². The van der Waals surface area contributed by atoms with Crippen molar-refractivity contribution in [3.05, 3.63) is 92.5 Å². The smallest absolute Gasteiger partial charge is 0.346 e. The van der Waals surface area contributed by atoms with Crippen molar-refractivity contribution in [3.8, 4) is 28.2 Å². The molecule has 0 bridgehead atoms. The van der Waals surface area contributed by atoms with Crippen LogP contribution in [0.4, 0.5) is 8.78 Å². The van der Waals surface area contributed by atoms with E-state index in [1.54, 1.807) is 6.07 Å². The number of benzene rings is 2. The Morgan fingerprint density at radius 1 is 0.900 bits per heavy atom. The molecule has 0 amide bonds. The van der Waals surface area contributed by atoms with Gasteiger partial charge in [0.1, 0.15) is 16.9 Å². The number of rotatable bonds is 5. The minimum absolute atomic E-state index is 0.0212. The summed E-state index contributed by atoms with van der Waals surface area (Å²) in [5.74, 6) is -5.29. The standard InChI is InChI=1S/C28H17F2NO9/c1-13(32)37-12-38-28(36)18-7-15(21-5-3-4-6-31(21)27(18)35)26-16-8-19(29)22(34)10-23(16)40-24-11-25(39-14(2)33)20(30)9-17(24)26/h3-11H,12H2,1-2H3. The lowest BCUT2D eigenvalue weighted by molar-refractivity contribution is -0.149. The highest BCUT2D eigenvalue weighted by molar-refractivity contribution is 6.07. The van der Waals surface area contributed by atoms with Gasteiger partial charge < -0.3 is 18.6 Å². The van der Waals surface area contributed by atoms with Crippen LogP contribution in [0, 0.1) is 11.6 Å². The Morgan fingerprint density at radius 2 is 1.68 bits per heavy atom. The van der Waals surface area contributed by atoms with Gasteiger partial charge >= 0.3 is 17.9 Å². The first kappa shape index (κ1) is 26.2. The van der Waals surface area contributed by atoms with Crippen LogP contribution in [0.3, 0.4) is 0 Å². The number of hydrogen-bond donors (Lipinski definition) is 0. The summed E-state index contributed by atoms with van der Waals surface area (Å²) in [4.78, 5) is 60.7. The van der Waals surface area contributed by atoms with E-state index in [2.05, 4.69) is 4.74 Å². The van der Waals surface area contributed by atoms with Crippen molar-refractivity contribution >= 4 is 34.4 Å². The number of carbonyl (C=O) groups is 3. The largest absolute Gasteiger partial charge is 0.456 e. The summed E-state index contributed by atoms with van der Waals surface area (Å²) in [5.41, 5.74) is -1.80. The van der Waals surface area contributed by atoms with E-state index in [-0.39, 0.29) is 38.9 Å². The Kier molecular flexibility index (Phi) is 6.59. The van der Waals surface area contributed by atoms with Gasteiger partial charge in [-0.15, -0.1) is 0 Å². The maximum atomic E-state index is 15.1. The summed E-state index contributed by atoms with van der Waals surface area (Å²) in [5, 5.41) is 0.0441. The molecule has 0 atom stereocenters. The van der Waals surface area contributed by atoms with Crippen molar-refractivity contribution in [1.82, 2.24) is 4.40 Å². The lowest BCUT2D eigenvalue weighted by atomic mass is 9.92. The van der Waals surface area contributed by atoms with Crippen molar-refractivity contribution in [2.45, 2.75) is 13.8 Å². The van der Waals surface area contributed by atoms with E-state index in [9.17, 15) is 28.4 Å². The SMILES string of the molecule is CC(=O)OCOC(=O)c1cc(-c2c3cc(F)c(=O)cc-3oc3cc(OC(C)=O)c(F)cc23)c2ccccn2c1=O. The highest BCUT2D eigenvalue weighted by atomic mass is 19.1. The summed E-state index contributed by atoms with van der Waals surface area (Å²) in [6.45, 7) is 1.43. The quantitative estimate of drug-likeness (QED) is 0.138. The van der Waals surface area contributed by atoms with E-state index < -0.39 is 58.6 Å². The number of fused-ring (bicyclic) bond motifs is 3. The van der Waals surface area contributed by atoms with Gasteiger partial charge in [-0.1, -0.05) is 6.07 Å². The molecule has 5 rings (SSSR count). The van der Waals surface area contributed by atoms with Crippen molar-refractivity contribution < 1.29 is 41.8 Å². The molecule has 1 aromatic carbocycles. The molecule has 0 spiro atoms. The van der Waals surface area contributed by atoms with Gasteiger partial charge in [0.05, 0.1) is 5.52 Å². The van der Waals surface area contributed by atoms with E-state index in [0.29, 0.717) is 0 Å². The van der Waals surface area contributed by atoms with E-state index in [1.807, 2.05) is 0 Å². The molecule has 3 aromatic rings. The Labute approximate surface area is 222 Å². The number of ether oxygens (including phenoxy) is 3. The number of halogens is 2. The number of pyridine rings is 2.